The molecule has 0 amide bonds. The lowest BCUT2D eigenvalue weighted by Crippen LogP contribution is -2.23. The monoisotopic (exact) mass is 455 g/mol. The third kappa shape index (κ3) is 4.32. The van der Waals surface area contributed by atoms with Crippen LogP contribution >= 0.6 is 23.4 Å². The van der Waals surface area contributed by atoms with Crippen molar-refractivity contribution in [3.8, 4) is 16.9 Å². The van der Waals surface area contributed by atoms with Gasteiger partial charge in [-0.15, -0.1) is 0 Å². The van der Waals surface area contributed by atoms with Gasteiger partial charge in [0.1, 0.15) is 10.7 Å². The van der Waals surface area contributed by atoms with Crippen LogP contribution in [0.5, 0.6) is 5.75 Å². The molecule has 0 saturated heterocycles. The van der Waals surface area contributed by atoms with Crippen molar-refractivity contribution in [3.05, 3.63) is 62.7 Å². The lowest BCUT2D eigenvalue weighted by Gasteiger charge is -2.15. The Balaban J connectivity index is 2.08. The van der Waals surface area contributed by atoms with Crippen molar-refractivity contribution in [2.75, 3.05) is 7.11 Å². The first-order valence-electron chi connectivity index (χ1n) is 8.66. The van der Waals surface area contributed by atoms with E-state index in [9.17, 15) is 18.0 Å². The number of alkyl halides is 3. The molecule has 3 rings (SSSR count). The molecule has 0 aliphatic carbocycles. The van der Waals surface area contributed by atoms with E-state index < -0.39 is 11.7 Å². The second-order valence-electron chi connectivity index (χ2n) is 6.51. The molecule has 0 atom stereocenters. The molecule has 3 aromatic rings. The van der Waals surface area contributed by atoms with Crippen LogP contribution in [0.1, 0.15) is 16.8 Å². The molecule has 10 heteroatoms. The second-order valence-corrected chi connectivity index (χ2v) is 7.98. The van der Waals surface area contributed by atoms with Gasteiger partial charge in [0.25, 0.3) is 5.56 Å². The highest BCUT2D eigenvalue weighted by atomic mass is 35.5. The summed E-state index contributed by atoms with van der Waals surface area (Å²) >= 11 is 7.13. The fourth-order valence-electron chi connectivity index (χ4n) is 2.94. The third-order valence-electron chi connectivity index (χ3n) is 4.40. The Bertz CT molecular complexity index is 1180. The largest absolute Gasteiger partial charge is 0.494 e. The SMILES string of the molecule is COc1c(C)nn(C)c(=O)c1-c1cc(Sc2ncc(C(F)(F)F)cc2Cl)ccc1C. The van der Waals surface area contributed by atoms with Gasteiger partial charge < -0.3 is 4.74 Å². The molecule has 0 unspecified atom stereocenters. The summed E-state index contributed by atoms with van der Waals surface area (Å²) in [5.41, 5.74) is 1.13. The molecule has 0 N–H and O–H groups in total. The van der Waals surface area contributed by atoms with E-state index >= 15 is 0 Å². The van der Waals surface area contributed by atoms with E-state index in [0.717, 1.165) is 29.6 Å². The van der Waals surface area contributed by atoms with Gasteiger partial charge in [0.15, 0.2) is 5.75 Å². The highest BCUT2D eigenvalue weighted by molar-refractivity contribution is 7.99. The summed E-state index contributed by atoms with van der Waals surface area (Å²) in [5.74, 6) is 0.369. The van der Waals surface area contributed by atoms with Crippen LogP contribution in [0.3, 0.4) is 0 Å². The molecule has 0 bridgehead atoms. The minimum absolute atomic E-state index is 0.106. The van der Waals surface area contributed by atoms with Crippen molar-refractivity contribution in [3.63, 3.8) is 0 Å². The number of ether oxygens (including phenoxy) is 1. The maximum atomic E-state index is 12.8. The van der Waals surface area contributed by atoms with E-state index in [-0.39, 0.29) is 15.6 Å². The molecular weight excluding hydrogens is 439 g/mol. The van der Waals surface area contributed by atoms with E-state index in [0.29, 0.717) is 27.5 Å². The maximum absolute atomic E-state index is 12.8. The smallest absolute Gasteiger partial charge is 0.417 e. The molecule has 2 heterocycles. The standard InChI is InChI=1S/C20H17ClF3N3O2S/c1-10-5-6-13(30-18-15(21)7-12(9-25-18)20(22,23)24)8-14(10)16-17(29-4)11(2)26-27(3)19(16)28/h5-9H,1-4H3. The van der Waals surface area contributed by atoms with Crippen molar-refractivity contribution in [2.45, 2.75) is 29.9 Å². The number of aromatic nitrogens is 3. The van der Waals surface area contributed by atoms with Gasteiger partial charge in [0.05, 0.1) is 23.3 Å². The average molecular weight is 456 g/mol. The first kappa shape index (κ1) is 22.2. The van der Waals surface area contributed by atoms with Gasteiger partial charge in [-0.2, -0.15) is 18.3 Å². The minimum Gasteiger partial charge on any atom is -0.494 e. The van der Waals surface area contributed by atoms with Crippen LogP contribution in [0.25, 0.3) is 11.1 Å². The van der Waals surface area contributed by atoms with Crippen LogP contribution in [-0.4, -0.2) is 21.9 Å². The molecule has 0 aliphatic rings. The topological polar surface area (TPSA) is 57.0 Å². The normalized spacial score (nSPS) is 11.6. The summed E-state index contributed by atoms with van der Waals surface area (Å²) in [6.45, 7) is 3.59. The van der Waals surface area contributed by atoms with Crippen LogP contribution < -0.4 is 10.3 Å². The van der Waals surface area contributed by atoms with Crippen molar-refractivity contribution < 1.29 is 17.9 Å². The van der Waals surface area contributed by atoms with E-state index in [4.69, 9.17) is 16.3 Å². The van der Waals surface area contributed by atoms with Crippen molar-refractivity contribution in [1.29, 1.82) is 0 Å². The Morgan fingerprint density at radius 2 is 1.90 bits per heavy atom. The van der Waals surface area contributed by atoms with E-state index in [2.05, 4.69) is 10.1 Å². The average Bonchev–Trinajstić information content (AvgIpc) is 2.67. The summed E-state index contributed by atoms with van der Waals surface area (Å²) in [4.78, 5) is 17.3. The Morgan fingerprint density at radius 1 is 1.20 bits per heavy atom. The molecule has 0 radical (unpaired) electrons. The third-order valence-corrected chi connectivity index (χ3v) is 5.80. The zero-order valence-electron chi connectivity index (χ0n) is 16.5. The van der Waals surface area contributed by atoms with Gasteiger partial charge in [-0.05, 0) is 43.2 Å². The quantitative estimate of drug-likeness (QED) is 0.535. The fourth-order valence-corrected chi connectivity index (χ4v) is 4.02. The Labute approximate surface area is 179 Å². The summed E-state index contributed by atoms with van der Waals surface area (Å²) < 4.78 is 45.2. The number of pyridine rings is 1. The van der Waals surface area contributed by atoms with Crippen molar-refractivity contribution in [1.82, 2.24) is 14.8 Å². The second kappa shape index (κ2) is 8.31. The first-order chi connectivity index (χ1) is 14.0. The molecule has 0 saturated carbocycles. The van der Waals surface area contributed by atoms with Gasteiger partial charge in [0, 0.05) is 18.1 Å². The van der Waals surface area contributed by atoms with E-state index in [1.807, 2.05) is 13.0 Å². The molecular formula is C20H17ClF3N3O2S. The van der Waals surface area contributed by atoms with Gasteiger partial charge in [-0.3, -0.25) is 4.79 Å². The number of rotatable bonds is 4. The molecule has 5 nitrogen and oxygen atoms in total. The minimum atomic E-state index is -4.52. The molecule has 2 aromatic heterocycles. The van der Waals surface area contributed by atoms with Gasteiger partial charge in [-0.25, -0.2) is 9.67 Å². The molecule has 0 aliphatic heterocycles. The van der Waals surface area contributed by atoms with E-state index in [1.165, 1.54) is 11.8 Å². The fraction of sp³-hybridized carbons (Fsp3) is 0.250. The number of nitrogens with zero attached hydrogens (tertiary/aromatic N) is 3. The summed E-state index contributed by atoms with van der Waals surface area (Å²) in [5, 5.41) is 4.26. The number of halogens is 4. The molecule has 158 valence electrons. The number of hydrogen-bond donors (Lipinski definition) is 0. The number of methoxy groups -OCH3 is 1. The van der Waals surface area contributed by atoms with Crippen molar-refractivity contribution >= 4 is 23.4 Å². The predicted molar refractivity (Wildman–Crippen MR) is 109 cm³/mol. The van der Waals surface area contributed by atoms with Crippen LogP contribution in [0, 0.1) is 13.8 Å². The van der Waals surface area contributed by atoms with Crippen LogP contribution in [0.2, 0.25) is 5.02 Å². The summed E-state index contributed by atoms with van der Waals surface area (Å²) in [6, 6.07) is 6.19. The molecule has 0 spiro atoms. The van der Waals surface area contributed by atoms with Crippen LogP contribution in [0.4, 0.5) is 13.2 Å². The van der Waals surface area contributed by atoms with Crippen molar-refractivity contribution in [2.24, 2.45) is 7.05 Å². The molecule has 30 heavy (non-hydrogen) atoms. The highest BCUT2D eigenvalue weighted by Gasteiger charge is 2.31. The Morgan fingerprint density at radius 3 is 2.50 bits per heavy atom. The zero-order chi connectivity index (χ0) is 22.2. The highest BCUT2D eigenvalue weighted by Crippen LogP contribution is 2.39. The summed E-state index contributed by atoms with van der Waals surface area (Å²) in [7, 11) is 3.02. The van der Waals surface area contributed by atoms with Crippen LogP contribution in [-0.2, 0) is 13.2 Å². The number of aryl methyl sites for hydroxylation is 3. The Hall–Kier alpha value is -2.52. The van der Waals surface area contributed by atoms with Gasteiger partial charge in [0.2, 0.25) is 0 Å². The molecule has 1 aromatic carbocycles. The number of hydrogen-bond acceptors (Lipinski definition) is 5. The maximum Gasteiger partial charge on any atom is 0.417 e. The Kier molecular flexibility index (Phi) is 6.14. The predicted octanol–water partition coefficient (Wildman–Crippen LogP) is 5.29. The van der Waals surface area contributed by atoms with Gasteiger partial charge >= 0.3 is 6.18 Å². The lowest BCUT2D eigenvalue weighted by atomic mass is 10.0. The van der Waals surface area contributed by atoms with Crippen LogP contribution in [0.15, 0.2) is 45.2 Å². The zero-order valence-corrected chi connectivity index (χ0v) is 18.0. The van der Waals surface area contributed by atoms with Gasteiger partial charge in [-0.1, -0.05) is 29.4 Å². The van der Waals surface area contributed by atoms with E-state index in [1.54, 1.807) is 26.1 Å². The number of benzene rings is 1. The lowest BCUT2D eigenvalue weighted by molar-refractivity contribution is -0.137. The molecule has 0 fully saturated rings. The first-order valence-corrected chi connectivity index (χ1v) is 9.86. The summed E-state index contributed by atoms with van der Waals surface area (Å²) in [6.07, 6.45) is -3.78.